The van der Waals surface area contributed by atoms with E-state index in [1.165, 1.54) is 0 Å². The standard InChI is InChI=1S/C9H16N2OS/c1-3-8(4-10)11-7(2)5-13-6-9(11)12/h5,8H,3-4,6,10H2,1-2H3. The minimum absolute atomic E-state index is 0.171. The largest absolute Gasteiger partial charge is 0.328 e. The van der Waals surface area contributed by atoms with Gasteiger partial charge in [0.15, 0.2) is 0 Å². The van der Waals surface area contributed by atoms with Crippen LogP contribution in [0.15, 0.2) is 11.1 Å². The molecule has 1 rings (SSSR count). The van der Waals surface area contributed by atoms with Crippen molar-refractivity contribution in [2.24, 2.45) is 5.73 Å². The molecule has 1 atom stereocenters. The van der Waals surface area contributed by atoms with Gasteiger partial charge in [0.05, 0.1) is 5.75 Å². The first-order valence-corrected chi connectivity index (χ1v) is 5.56. The zero-order valence-electron chi connectivity index (χ0n) is 8.12. The Morgan fingerprint density at radius 3 is 2.92 bits per heavy atom. The van der Waals surface area contributed by atoms with Crippen LogP contribution in [0.25, 0.3) is 0 Å². The lowest BCUT2D eigenvalue weighted by Crippen LogP contribution is -2.44. The molecule has 1 heterocycles. The van der Waals surface area contributed by atoms with Crippen LogP contribution in [0, 0.1) is 0 Å². The fourth-order valence-corrected chi connectivity index (χ4v) is 2.22. The quantitative estimate of drug-likeness (QED) is 0.743. The van der Waals surface area contributed by atoms with Crippen molar-refractivity contribution in [1.82, 2.24) is 4.90 Å². The zero-order valence-corrected chi connectivity index (χ0v) is 8.93. The highest BCUT2D eigenvalue weighted by molar-refractivity contribution is 8.02. The first kappa shape index (κ1) is 10.6. The van der Waals surface area contributed by atoms with Crippen LogP contribution in [0.3, 0.4) is 0 Å². The molecule has 1 aliphatic heterocycles. The van der Waals surface area contributed by atoms with Crippen molar-refractivity contribution < 1.29 is 4.79 Å². The summed E-state index contributed by atoms with van der Waals surface area (Å²) in [5.41, 5.74) is 6.64. The molecule has 1 unspecified atom stereocenters. The van der Waals surface area contributed by atoms with Crippen molar-refractivity contribution in [3.05, 3.63) is 11.1 Å². The number of thioether (sulfide) groups is 1. The van der Waals surface area contributed by atoms with Crippen molar-refractivity contribution in [2.75, 3.05) is 12.3 Å². The summed E-state index contributed by atoms with van der Waals surface area (Å²) >= 11 is 1.56. The molecule has 4 heteroatoms. The van der Waals surface area contributed by atoms with Gasteiger partial charge in [-0.25, -0.2) is 0 Å². The number of rotatable bonds is 3. The zero-order chi connectivity index (χ0) is 9.84. The van der Waals surface area contributed by atoms with Crippen LogP contribution in [0.2, 0.25) is 0 Å². The number of nitrogens with zero attached hydrogens (tertiary/aromatic N) is 1. The lowest BCUT2D eigenvalue weighted by atomic mass is 10.2. The van der Waals surface area contributed by atoms with Crippen molar-refractivity contribution in [3.8, 4) is 0 Å². The van der Waals surface area contributed by atoms with E-state index in [-0.39, 0.29) is 11.9 Å². The normalized spacial score (nSPS) is 20.1. The van der Waals surface area contributed by atoms with Crippen LogP contribution in [-0.2, 0) is 4.79 Å². The second-order valence-electron chi connectivity index (χ2n) is 3.13. The fourth-order valence-electron chi connectivity index (χ4n) is 1.50. The van der Waals surface area contributed by atoms with Crippen LogP contribution in [0.1, 0.15) is 20.3 Å². The molecule has 0 spiro atoms. The highest BCUT2D eigenvalue weighted by atomic mass is 32.2. The van der Waals surface area contributed by atoms with Crippen LogP contribution < -0.4 is 5.73 Å². The molecule has 0 aromatic heterocycles. The Balaban J connectivity index is 2.79. The van der Waals surface area contributed by atoms with Gasteiger partial charge in [-0.05, 0) is 18.8 Å². The van der Waals surface area contributed by atoms with E-state index in [4.69, 9.17) is 5.73 Å². The van der Waals surface area contributed by atoms with E-state index in [1.54, 1.807) is 11.8 Å². The van der Waals surface area contributed by atoms with Gasteiger partial charge in [-0.15, -0.1) is 11.8 Å². The molecule has 0 aliphatic carbocycles. The van der Waals surface area contributed by atoms with Gasteiger partial charge in [0.1, 0.15) is 0 Å². The van der Waals surface area contributed by atoms with Gasteiger partial charge < -0.3 is 10.6 Å². The highest BCUT2D eigenvalue weighted by Gasteiger charge is 2.24. The Hall–Kier alpha value is -0.480. The molecule has 2 N–H and O–H groups in total. The minimum Gasteiger partial charge on any atom is -0.328 e. The van der Waals surface area contributed by atoms with E-state index in [0.717, 1.165) is 12.1 Å². The van der Waals surface area contributed by atoms with Crippen molar-refractivity contribution in [3.63, 3.8) is 0 Å². The monoisotopic (exact) mass is 200 g/mol. The van der Waals surface area contributed by atoms with Crippen LogP contribution in [-0.4, -0.2) is 29.1 Å². The summed E-state index contributed by atoms with van der Waals surface area (Å²) in [6.07, 6.45) is 0.915. The summed E-state index contributed by atoms with van der Waals surface area (Å²) in [4.78, 5) is 13.4. The number of carbonyl (C=O) groups excluding carboxylic acids is 1. The van der Waals surface area contributed by atoms with Gasteiger partial charge in [-0.2, -0.15) is 0 Å². The summed E-state index contributed by atoms with van der Waals surface area (Å²) in [7, 11) is 0. The van der Waals surface area contributed by atoms with E-state index in [9.17, 15) is 4.79 Å². The van der Waals surface area contributed by atoms with Crippen LogP contribution in [0.5, 0.6) is 0 Å². The summed E-state index contributed by atoms with van der Waals surface area (Å²) < 4.78 is 0. The summed E-state index contributed by atoms with van der Waals surface area (Å²) in [6, 6.07) is 0.171. The summed E-state index contributed by atoms with van der Waals surface area (Å²) in [5, 5.41) is 2.03. The van der Waals surface area contributed by atoms with Gasteiger partial charge in [0.2, 0.25) is 5.91 Å². The molecule has 0 fully saturated rings. The molecule has 0 aromatic rings. The predicted octanol–water partition coefficient (Wildman–Crippen LogP) is 1.16. The highest BCUT2D eigenvalue weighted by Crippen LogP contribution is 2.22. The van der Waals surface area contributed by atoms with Crippen LogP contribution >= 0.6 is 11.8 Å². The lowest BCUT2D eigenvalue weighted by molar-refractivity contribution is -0.128. The van der Waals surface area contributed by atoms with Gasteiger partial charge in [-0.3, -0.25) is 4.79 Å². The van der Waals surface area contributed by atoms with Gasteiger partial charge in [0.25, 0.3) is 0 Å². The van der Waals surface area contributed by atoms with Gasteiger partial charge in [-0.1, -0.05) is 6.92 Å². The average Bonchev–Trinajstić information content (AvgIpc) is 2.11. The molecule has 0 bridgehead atoms. The first-order chi connectivity index (χ1) is 6.20. The topological polar surface area (TPSA) is 46.3 Å². The lowest BCUT2D eigenvalue weighted by Gasteiger charge is -2.33. The second-order valence-corrected chi connectivity index (χ2v) is 3.99. The number of amides is 1. The second kappa shape index (κ2) is 4.67. The Morgan fingerprint density at radius 1 is 1.77 bits per heavy atom. The number of carbonyl (C=O) groups is 1. The van der Waals surface area contributed by atoms with Crippen LogP contribution in [0.4, 0.5) is 0 Å². The molecule has 1 aliphatic rings. The minimum atomic E-state index is 0.171. The molecule has 13 heavy (non-hydrogen) atoms. The Kier molecular flexibility index (Phi) is 3.81. The van der Waals surface area contributed by atoms with Crippen molar-refractivity contribution >= 4 is 17.7 Å². The van der Waals surface area contributed by atoms with E-state index < -0.39 is 0 Å². The third-order valence-electron chi connectivity index (χ3n) is 2.22. The fraction of sp³-hybridized carbons (Fsp3) is 0.667. The van der Waals surface area contributed by atoms with Crippen molar-refractivity contribution in [1.29, 1.82) is 0 Å². The molecular weight excluding hydrogens is 184 g/mol. The Morgan fingerprint density at radius 2 is 2.46 bits per heavy atom. The number of hydrogen-bond acceptors (Lipinski definition) is 3. The van der Waals surface area contributed by atoms with E-state index >= 15 is 0 Å². The third kappa shape index (κ3) is 2.25. The van der Waals surface area contributed by atoms with E-state index in [0.29, 0.717) is 12.3 Å². The molecule has 0 aromatic carbocycles. The van der Waals surface area contributed by atoms with Gasteiger partial charge in [0, 0.05) is 18.3 Å². The average molecular weight is 200 g/mol. The first-order valence-electron chi connectivity index (χ1n) is 4.51. The smallest absolute Gasteiger partial charge is 0.237 e. The summed E-state index contributed by atoms with van der Waals surface area (Å²) in [5.74, 6) is 0.732. The molecular formula is C9H16N2OS. The third-order valence-corrected chi connectivity index (χ3v) is 3.14. The molecule has 1 amide bonds. The molecule has 0 saturated carbocycles. The van der Waals surface area contributed by atoms with Gasteiger partial charge >= 0.3 is 0 Å². The maximum absolute atomic E-state index is 11.6. The SMILES string of the molecule is CCC(CN)N1C(=O)CSC=C1C. The maximum atomic E-state index is 11.6. The number of nitrogens with two attached hydrogens (primary N) is 1. The van der Waals surface area contributed by atoms with E-state index in [1.807, 2.05) is 17.2 Å². The Bertz CT molecular complexity index is 224. The van der Waals surface area contributed by atoms with E-state index in [2.05, 4.69) is 6.92 Å². The molecule has 74 valence electrons. The summed E-state index contributed by atoms with van der Waals surface area (Å²) in [6.45, 7) is 4.56. The Labute approximate surface area is 83.3 Å². The number of allylic oxidation sites excluding steroid dienone is 1. The molecule has 3 nitrogen and oxygen atoms in total. The number of hydrogen-bond donors (Lipinski definition) is 1. The molecule has 0 saturated heterocycles. The molecule has 0 radical (unpaired) electrons. The van der Waals surface area contributed by atoms with Crippen molar-refractivity contribution in [2.45, 2.75) is 26.3 Å². The maximum Gasteiger partial charge on any atom is 0.237 e. The predicted molar refractivity (Wildman–Crippen MR) is 56.2 cm³/mol.